The monoisotopic (exact) mass is 344 g/mol. The minimum atomic E-state index is -0.948. The fourth-order valence-corrected chi connectivity index (χ4v) is 1.98. The summed E-state index contributed by atoms with van der Waals surface area (Å²) < 4.78 is 6.72. The van der Waals surface area contributed by atoms with Crippen molar-refractivity contribution in [2.24, 2.45) is 5.41 Å². The van der Waals surface area contributed by atoms with Crippen molar-refractivity contribution < 1.29 is 14.3 Å². The lowest BCUT2D eigenvalue weighted by Crippen LogP contribution is -2.35. The highest BCUT2D eigenvalue weighted by Crippen LogP contribution is 2.25. The summed E-state index contributed by atoms with van der Waals surface area (Å²) in [4.78, 5) is 13.9. The fraction of sp³-hybridized carbons (Fsp3) is 0.444. The fourth-order valence-electron chi connectivity index (χ4n) is 1.98. The van der Waals surface area contributed by atoms with Crippen LogP contribution in [0.15, 0.2) is 36.7 Å². The average molecular weight is 344 g/mol. The average Bonchev–Trinajstić information content (AvgIpc) is 3.06. The first-order valence-corrected chi connectivity index (χ1v) is 8.15. The summed E-state index contributed by atoms with van der Waals surface area (Å²) in [5, 5.41) is 19.8. The third-order valence-corrected chi connectivity index (χ3v) is 3.52. The van der Waals surface area contributed by atoms with Crippen LogP contribution in [0, 0.1) is 10.6 Å². The van der Waals surface area contributed by atoms with Crippen LogP contribution in [-0.2, 0) is 4.79 Å². The standard InChI is InChI=1S/C18H24N4O3/c1-13(2)21(24)12-14-6-8-15(9-7-14)25-17(16(23)18(3,4)5)22-19-10-11-20-22/h6-13,17H,1-5H3/b21-12-/t17-/m0/s1. The van der Waals surface area contributed by atoms with Gasteiger partial charge in [-0.3, -0.25) is 4.79 Å². The molecule has 1 aromatic carbocycles. The zero-order valence-electron chi connectivity index (χ0n) is 15.2. The van der Waals surface area contributed by atoms with Gasteiger partial charge in [-0.15, -0.1) is 4.80 Å². The van der Waals surface area contributed by atoms with Gasteiger partial charge in [0.2, 0.25) is 5.78 Å². The van der Waals surface area contributed by atoms with Gasteiger partial charge in [-0.1, -0.05) is 20.8 Å². The maximum absolute atomic E-state index is 12.7. The van der Waals surface area contributed by atoms with Gasteiger partial charge in [0.05, 0.1) is 12.4 Å². The molecule has 0 aliphatic heterocycles. The molecule has 0 saturated heterocycles. The van der Waals surface area contributed by atoms with E-state index in [1.807, 2.05) is 34.6 Å². The number of rotatable bonds is 6. The second-order valence-corrected chi connectivity index (χ2v) is 7.09. The Morgan fingerprint density at radius 3 is 2.24 bits per heavy atom. The molecule has 1 heterocycles. The Balaban J connectivity index is 2.22. The van der Waals surface area contributed by atoms with Crippen molar-refractivity contribution in [2.75, 3.05) is 0 Å². The first-order valence-electron chi connectivity index (χ1n) is 8.15. The predicted octanol–water partition coefficient (Wildman–Crippen LogP) is 2.81. The second-order valence-electron chi connectivity index (χ2n) is 7.09. The van der Waals surface area contributed by atoms with Gasteiger partial charge in [-0.05, 0) is 38.1 Å². The van der Waals surface area contributed by atoms with Crippen molar-refractivity contribution in [3.8, 4) is 5.75 Å². The maximum Gasteiger partial charge on any atom is 0.267 e. The van der Waals surface area contributed by atoms with E-state index in [4.69, 9.17) is 4.74 Å². The van der Waals surface area contributed by atoms with Crippen LogP contribution in [0.5, 0.6) is 5.75 Å². The molecule has 0 aliphatic rings. The van der Waals surface area contributed by atoms with Crippen LogP contribution in [0.25, 0.3) is 0 Å². The van der Waals surface area contributed by atoms with Gasteiger partial charge in [-0.25, -0.2) is 4.74 Å². The Labute approximate surface area is 147 Å². The maximum atomic E-state index is 12.7. The lowest BCUT2D eigenvalue weighted by molar-refractivity contribution is -0.487. The number of nitrogens with zero attached hydrogens (tertiary/aromatic N) is 4. The zero-order valence-corrected chi connectivity index (χ0v) is 15.2. The van der Waals surface area contributed by atoms with Crippen molar-refractivity contribution in [3.05, 3.63) is 47.4 Å². The third-order valence-electron chi connectivity index (χ3n) is 3.52. The largest absolute Gasteiger partial charge is 0.624 e. The summed E-state index contributed by atoms with van der Waals surface area (Å²) in [7, 11) is 0. The van der Waals surface area contributed by atoms with E-state index in [1.165, 1.54) is 23.4 Å². The molecule has 25 heavy (non-hydrogen) atoms. The smallest absolute Gasteiger partial charge is 0.267 e. The van der Waals surface area contributed by atoms with Gasteiger partial charge in [0.15, 0.2) is 12.3 Å². The normalized spacial score (nSPS) is 13.8. The van der Waals surface area contributed by atoms with E-state index in [0.717, 1.165) is 10.3 Å². The highest BCUT2D eigenvalue weighted by atomic mass is 16.5. The van der Waals surface area contributed by atoms with Crippen LogP contribution < -0.4 is 4.74 Å². The van der Waals surface area contributed by atoms with Crippen LogP contribution in [0.3, 0.4) is 0 Å². The Hall–Kier alpha value is -2.70. The SMILES string of the molecule is CC(C)/[N+]([O-])=C/c1ccc(O[C@@H](C(=O)C(C)(C)C)n2nccn2)cc1. The number of Topliss-reactive ketones (excluding diaryl/α,β-unsaturated/α-hetero) is 1. The summed E-state index contributed by atoms with van der Waals surface area (Å²) in [6.45, 7) is 9.10. The number of hydroxylamine groups is 1. The number of hydrogen-bond donors (Lipinski definition) is 0. The van der Waals surface area contributed by atoms with E-state index < -0.39 is 11.6 Å². The number of carbonyl (C=O) groups is 1. The molecule has 2 aromatic rings. The van der Waals surface area contributed by atoms with Crippen molar-refractivity contribution in [1.82, 2.24) is 15.0 Å². The summed E-state index contributed by atoms with van der Waals surface area (Å²) >= 11 is 0. The van der Waals surface area contributed by atoms with Crippen LogP contribution in [0.2, 0.25) is 0 Å². The van der Waals surface area contributed by atoms with Gasteiger partial charge in [0, 0.05) is 11.0 Å². The minimum Gasteiger partial charge on any atom is -0.624 e. The van der Waals surface area contributed by atoms with E-state index in [1.54, 1.807) is 24.3 Å². The summed E-state index contributed by atoms with van der Waals surface area (Å²) in [5.74, 6) is 0.365. The number of ether oxygens (including phenoxy) is 1. The Morgan fingerprint density at radius 1 is 1.20 bits per heavy atom. The molecule has 0 aliphatic carbocycles. The van der Waals surface area contributed by atoms with Crippen LogP contribution in [-0.4, -0.2) is 37.8 Å². The topological polar surface area (TPSA) is 83.1 Å². The molecule has 134 valence electrons. The molecule has 0 spiro atoms. The number of aromatic nitrogens is 3. The summed E-state index contributed by atoms with van der Waals surface area (Å²) in [6, 6.07) is 6.82. The molecular weight excluding hydrogens is 320 g/mol. The highest BCUT2D eigenvalue weighted by Gasteiger charge is 2.33. The summed E-state index contributed by atoms with van der Waals surface area (Å²) in [6.07, 6.45) is 3.57. The molecule has 7 nitrogen and oxygen atoms in total. The first-order chi connectivity index (χ1) is 11.7. The Morgan fingerprint density at radius 2 is 1.76 bits per heavy atom. The van der Waals surface area contributed by atoms with Crippen LogP contribution in [0.1, 0.15) is 46.4 Å². The predicted molar refractivity (Wildman–Crippen MR) is 94.5 cm³/mol. The minimum absolute atomic E-state index is 0.129. The molecule has 1 atom stereocenters. The van der Waals surface area contributed by atoms with Gasteiger partial charge in [-0.2, -0.15) is 10.2 Å². The van der Waals surface area contributed by atoms with E-state index in [-0.39, 0.29) is 11.8 Å². The van der Waals surface area contributed by atoms with E-state index in [9.17, 15) is 10.0 Å². The molecule has 0 amide bonds. The molecule has 0 bridgehead atoms. The van der Waals surface area contributed by atoms with Gasteiger partial charge in [0.1, 0.15) is 5.75 Å². The first kappa shape index (κ1) is 18.6. The highest BCUT2D eigenvalue weighted by molar-refractivity contribution is 5.86. The van der Waals surface area contributed by atoms with Gasteiger partial charge >= 0.3 is 0 Å². The van der Waals surface area contributed by atoms with E-state index >= 15 is 0 Å². The van der Waals surface area contributed by atoms with Crippen molar-refractivity contribution in [1.29, 1.82) is 0 Å². The number of hydrogen-bond acceptors (Lipinski definition) is 5. The molecule has 7 heteroatoms. The molecule has 2 rings (SSSR count). The van der Waals surface area contributed by atoms with Crippen molar-refractivity contribution in [2.45, 2.75) is 46.9 Å². The van der Waals surface area contributed by atoms with Crippen LogP contribution >= 0.6 is 0 Å². The molecule has 0 saturated carbocycles. The quantitative estimate of drug-likeness (QED) is 0.348. The Bertz CT molecular complexity index is 729. The molecule has 1 aromatic heterocycles. The van der Waals surface area contributed by atoms with Gasteiger partial charge in [0.25, 0.3) is 6.23 Å². The molecular formula is C18H24N4O3. The van der Waals surface area contributed by atoms with E-state index in [2.05, 4.69) is 10.2 Å². The molecule has 0 radical (unpaired) electrons. The number of benzene rings is 1. The number of carbonyl (C=O) groups excluding carboxylic acids is 1. The van der Waals surface area contributed by atoms with Crippen LogP contribution in [0.4, 0.5) is 0 Å². The lowest BCUT2D eigenvalue weighted by Gasteiger charge is -2.24. The second kappa shape index (κ2) is 7.46. The van der Waals surface area contributed by atoms with Crippen molar-refractivity contribution in [3.63, 3.8) is 0 Å². The Kier molecular flexibility index (Phi) is 5.56. The zero-order chi connectivity index (χ0) is 18.6. The molecule has 0 fully saturated rings. The third kappa shape index (κ3) is 4.89. The lowest BCUT2D eigenvalue weighted by atomic mass is 9.90. The van der Waals surface area contributed by atoms with Crippen molar-refractivity contribution >= 4 is 12.0 Å². The number of ketones is 1. The molecule has 0 N–H and O–H groups in total. The van der Waals surface area contributed by atoms with Gasteiger partial charge < -0.3 is 9.94 Å². The van der Waals surface area contributed by atoms with E-state index in [0.29, 0.717) is 5.75 Å². The molecule has 0 unspecified atom stereocenters. The summed E-state index contributed by atoms with van der Waals surface area (Å²) in [5.41, 5.74) is 0.152.